The summed E-state index contributed by atoms with van der Waals surface area (Å²) in [6.45, 7) is 0.355. The zero-order valence-corrected chi connectivity index (χ0v) is 4.69. The Morgan fingerprint density at radius 2 is 2.11 bits per heavy atom. The van der Waals surface area contributed by atoms with Crippen LogP contribution in [0.25, 0.3) is 0 Å². The second kappa shape index (κ2) is 3.39. The molecule has 0 atom stereocenters. The van der Waals surface area contributed by atoms with Crippen LogP contribution in [-0.2, 0) is 14.2 Å². The molecule has 0 aliphatic carbocycles. The molecule has 0 amide bonds. The summed E-state index contributed by atoms with van der Waals surface area (Å²) in [5.74, 6) is 0. The average Bonchev–Trinajstić information content (AvgIpc) is 1.91. The zero-order valence-electron chi connectivity index (χ0n) is 4.69. The molecule has 1 heterocycles. The van der Waals surface area contributed by atoms with E-state index in [2.05, 4.69) is 9.89 Å². The number of oxime groups is 1. The molecule has 0 bridgehead atoms. The van der Waals surface area contributed by atoms with Crippen LogP contribution in [-0.4, -0.2) is 31.3 Å². The first-order chi connectivity index (χ1) is 4.43. The molecule has 0 spiro atoms. The van der Waals surface area contributed by atoms with E-state index >= 15 is 0 Å². The number of hydrogen-bond donors (Lipinski definition) is 1. The second-order valence-corrected chi connectivity index (χ2v) is 1.41. The van der Waals surface area contributed by atoms with Gasteiger partial charge in [-0.05, 0) is 0 Å². The van der Waals surface area contributed by atoms with E-state index in [-0.39, 0.29) is 13.6 Å². The molecule has 9 heavy (non-hydrogen) atoms. The van der Waals surface area contributed by atoms with Crippen LogP contribution in [0.1, 0.15) is 0 Å². The standard InChI is InChI=1S/C4H7NO4/c6-5-1-4-8-2-7-3-9-4/h1,4,6H,2-3H2. The summed E-state index contributed by atoms with van der Waals surface area (Å²) in [6.07, 6.45) is 0.575. The molecule has 1 aliphatic heterocycles. The summed E-state index contributed by atoms with van der Waals surface area (Å²) >= 11 is 0. The van der Waals surface area contributed by atoms with Crippen molar-refractivity contribution in [1.82, 2.24) is 0 Å². The van der Waals surface area contributed by atoms with Gasteiger partial charge in [-0.1, -0.05) is 5.16 Å². The van der Waals surface area contributed by atoms with E-state index in [4.69, 9.17) is 14.7 Å². The summed E-state index contributed by atoms with van der Waals surface area (Å²) in [6, 6.07) is 0. The highest BCUT2D eigenvalue weighted by Gasteiger charge is 2.10. The van der Waals surface area contributed by atoms with Crippen molar-refractivity contribution >= 4 is 6.21 Å². The summed E-state index contributed by atoms with van der Waals surface area (Å²) < 4.78 is 14.2. The van der Waals surface area contributed by atoms with E-state index in [0.717, 1.165) is 6.21 Å². The van der Waals surface area contributed by atoms with Gasteiger partial charge in [-0.15, -0.1) is 0 Å². The Morgan fingerprint density at radius 1 is 1.44 bits per heavy atom. The lowest BCUT2D eigenvalue weighted by atomic mass is 10.7. The molecule has 0 aromatic rings. The smallest absolute Gasteiger partial charge is 0.202 e. The first-order valence-electron chi connectivity index (χ1n) is 2.42. The van der Waals surface area contributed by atoms with E-state index in [1.807, 2.05) is 0 Å². The molecular weight excluding hydrogens is 126 g/mol. The van der Waals surface area contributed by atoms with Crippen molar-refractivity contribution in [1.29, 1.82) is 0 Å². The predicted molar refractivity (Wildman–Crippen MR) is 27.1 cm³/mol. The maximum absolute atomic E-state index is 7.99. The molecule has 0 saturated carbocycles. The van der Waals surface area contributed by atoms with Gasteiger partial charge in [0.2, 0.25) is 6.29 Å². The topological polar surface area (TPSA) is 60.3 Å². The van der Waals surface area contributed by atoms with Gasteiger partial charge in [0.15, 0.2) is 13.6 Å². The third-order valence-corrected chi connectivity index (χ3v) is 0.820. The van der Waals surface area contributed by atoms with Crippen molar-refractivity contribution in [2.75, 3.05) is 13.6 Å². The Balaban J connectivity index is 2.23. The van der Waals surface area contributed by atoms with Crippen molar-refractivity contribution in [3.63, 3.8) is 0 Å². The lowest BCUT2D eigenvalue weighted by molar-refractivity contribution is -0.271. The van der Waals surface area contributed by atoms with Crippen LogP contribution in [0.3, 0.4) is 0 Å². The lowest BCUT2D eigenvalue weighted by Gasteiger charge is -2.18. The van der Waals surface area contributed by atoms with Crippen LogP contribution in [0.2, 0.25) is 0 Å². The van der Waals surface area contributed by atoms with Gasteiger partial charge in [-0.3, -0.25) is 0 Å². The Bertz CT molecular complexity index is 98.7. The number of hydrogen-bond acceptors (Lipinski definition) is 5. The molecule has 1 saturated heterocycles. The van der Waals surface area contributed by atoms with Crippen LogP contribution in [0.5, 0.6) is 0 Å². The van der Waals surface area contributed by atoms with E-state index in [1.54, 1.807) is 0 Å². The van der Waals surface area contributed by atoms with E-state index in [9.17, 15) is 0 Å². The first kappa shape index (κ1) is 6.47. The lowest BCUT2D eigenvalue weighted by Crippen LogP contribution is -2.27. The molecule has 0 aromatic heterocycles. The second-order valence-electron chi connectivity index (χ2n) is 1.41. The van der Waals surface area contributed by atoms with Crippen LogP contribution in [0, 0.1) is 0 Å². The highest BCUT2D eigenvalue weighted by Crippen LogP contribution is 1.98. The predicted octanol–water partition coefficient (Wildman–Crippen LogP) is -0.249. The Kier molecular flexibility index (Phi) is 2.44. The fourth-order valence-corrected chi connectivity index (χ4v) is 0.453. The molecule has 52 valence electrons. The van der Waals surface area contributed by atoms with Crippen molar-refractivity contribution in [2.45, 2.75) is 6.29 Å². The van der Waals surface area contributed by atoms with Crippen molar-refractivity contribution < 1.29 is 19.4 Å². The molecule has 5 heteroatoms. The van der Waals surface area contributed by atoms with Gasteiger partial charge in [-0.2, -0.15) is 0 Å². The van der Waals surface area contributed by atoms with E-state index < -0.39 is 6.29 Å². The fourth-order valence-electron chi connectivity index (χ4n) is 0.453. The minimum absolute atomic E-state index is 0.177. The van der Waals surface area contributed by atoms with Gasteiger partial charge in [-0.25, -0.2) is 0 Å². The number of rotatable bonds is 1. The number of nitrogens with zero attached hydrogens (tertiary/aromatic N) is 1. The van der Waals surface area contributed by atoms with Gasteiger partial charge in [0.05, 0.1) is 6.21 Å². The summed E-state index contributed by atoms with van der Waals surface area (Å²) in [5, 5.41) is 10.7. The van der Waals surface area contributed by atoms with Crippen LogP contribution in [0.4, 0.5) is 0 Å². The molecular formula is C4H7NO4. The Morgan fingerprint density at radius 3 is 2.67 bits per heavy atom. The van der Waals surface area contributed by atoms with Crippen molar-refractivity contribution in [3.8, 4) is 0 Å². The Labute approximate surface area is 51.8 Å². The highest BCUT2D eigenvalue weighted by atomic mass is 16.8. The molecule has 5 nitrogen and oxygen atoms in total. The average molecular weight is 133 g/mol. The molecule has 0 radical (unpaired) electrons. The highest BCUT2D eigenvalue weighted by molar-refractivity contribution is 5.60. The van der Waals surface area contributed by atoms with Gasteiger partial charge < -0.3 is 19.4 Å². The maximum Gasteiger partial charge on any atom is 0.202 e. The van der Waals surface area contributed by atoms with Crippen LogP contribution < -0.4 is 0 Å². The minimum atomic E-state index is -0.566. The largest absolute Gasteiger partial charge is 0.411 e. The van der Waals surface area contributed by atoms with Gasteiger partial charge in [0.1, 0.15) is 0 Å². The normalized spacial score (nSPS) is 23.1. The number of ether oxygens (including phenoxy) is 3. The molecule has 0 unspecified atom stereocenters. The molecule has 1 rings (SSSR count). The first-order valence-corrected chi connectivity index (χ1v) is 2.42. The quantitative estimate of drug-likeness (QED) is 0.304. The van der Waals surface area contributed by atoms with Crippen molar-refractivity contribution in [2.24, 2.45) is 5.16 Å². The Hall–Kier alpha value is -0.650. The minimum Gasteiger partial charge on any atom is -0.411 e. The molecule has 1 fully saturated rings. The SMILES string of the molecule is ON=CC1OCOCO1. The third-order valence-electron chi connectivity index (χ3n) is 0.820. The monoisotopic (exact) mass is 133 g/mol. The van der Waals surface area contributed by atoms with E-state index in [1.165, 1.54) is 0 Å². The van der Waals surface area contributed by atoms with Gasteiger partial charge >= 0.3 is 0 Å². The van der Waals surface area contributed by atoms with Crippen LogP contribution >= 0.6 is 0 Å². The van der Waals surface area contributed by atoms with Gasteiger partial charge in [0.25, 0.3) is 0 Å². The van der Waals surface area contributed by atoms with E-state index in [0.29, 0.717) is 0 Å². The summed E-state index contributed by atoms with van der Waals surface area (Å²) in [5.41, 5.74) is 0. The summed E-state index contributed by atoms with van der Waals surface area (Å²) in [4.78, 5) is 0. The van der Waals surface area contributed by atoms with Crippen LogP contribution in [0.15, 0.2) is 5.16 Å². The molecule has 1 N–H and O–H groups in total. The molecule has 1 aliphatic rings. The molecule has 0 aromatic carbocycles. The fraction of sp³-hybridized carbons (Fsp3) is 0.750. The third kappa shape index (κ3) is 1.96. The zero-order chi connectivity index (χ0) is 6.53. The summed E-state index contributed by atoms with van der Waals surface area (Å²) in [7, 11) is 0. The van der Waals surface area contributed by atoms with Crippen molar-refractivity contribution in [3.05, 3.63) is 0 Å². The van der Waals surface area contributed by atoms with Gasteiger partial charge in [0, 0.05) is 0 Å². The maximum atomic E-state index is 7.99.